The lowest BCUT2D eigenvalue weighted by molar-refractivity contribution is 0.953. The monoisotopic (exact) mass is 669 g/mol. The van der Waals surface area contributed by atoms with E-state index in [4.69, 9.17) is 15.0 Å². The molecule has 0 fully saturated rings. The first kappa shape index (κ1) is 28.2. The van der Waals surface area contributed by atoms with Crippen LogP contribution in [0.15, 0.2) is 164 Å². The van der Waals surface area contributed by atoms with Crippen LogP contribution in [0.25, 0.3) is 98.2 Å². The van der Waals surface area contributed by atoms with Crippen LogP contribution in [0.1, 0.15) is 0 Å². The number of hydrogen-bond donors (Lipinski definition) is 0. The van der Waals surface area contributed by atoms with Crippen LogP contribution in [0, 0.1) is 0 Å². The van der Waals surface area contributed by atoms with Gasteiger partial charge < -0.3 is 4.57 Å². The first-order valence-electron chi connectivity index (χ1n) is 17.0. The number of para-hydroxylation sites is 3. The normalized spacial score (nSPS) is 11.9. The minimum atomic E-state index is 0.581. The predicted molar refractivity (Wildman–Crippen MR) is 212 cm³/mol. The molecule has 238 valence electrons. The SMILES string of the molecule is c1ccc(-c2nc(-c3ccc4sc5ccccc5c4c3)nc(-n3c4ccccc4c4ccc5c6ccccc6n(-c6ccccc6)c5c43)n2)cc1. The number of rotatable bonds is 4. The largest absolute Gasteiger partial charge is 0.307 e. The Morgan fingerprint density at radius 3 is 1.65 bits per heavy atom. The van der Waals surface area contributed by atoms with E-state index in [0.29, 0.717) is 17.6 Å². The summed E-state index contributed by atoms with van der Waals surface area (Å²) < 4.78 is 7.16. The Kier molecular flexibility index (Phi) is 6.05. The lowest BCUT2D eigenvalue weighted by Crippen LogP contribution is -2.07. The molecule has 11 aromatic rings. The summed E-state index contributed by atoms with van der Waals surface area (Å²) in [5.74, 6) is 1.85. The number of aromatic nitrogens is 5. The quantitative estimate of drug-likeness (QED) is 0.187. The zero-order chi connectivity index (χ0) is 33.5. The second kappa shape index (κ2) is 10.9. The first-order chi connectivity index (χ1) is 25.3. The van der Waals surface area contributed by atoms with Gasteiger partial charge in [-0.05, 0) is 48.5 Å². The Balaban J connectivity index is 1.28. The van der Waals surface area contributed by atoms with E-state index in [-0.39, 0.29) is 0 Å². The van der Waals surface area contributed by atoms with Gasteiger partial charge in [0.1, 0.15) is 0 Å². The van der Waals surface area contributed by atoms with Crippen molar-refractivity contribution in [3.8, 4) is 34.4 Å². The molecular formula is C45H27N5S. The second-order valence-electron chi connectivity index (χ2n) is 12.9. The number of thiophene rings is 1. The van der Waals surface area contributed by atoms with Crippen LogP contribution in [0.2, 0.25) is 0 Å². The molecule has 11 rings (SSSR count). The summed E-state index contributed by atoms with van der Waals surface area (Å²) in [5, 5.41) is 7.13. The summed E-state index contributed by atoms with van der Waals surface area (Å²) in [6, 6.07) is 57.8. The molecule has 0 amide bonds. The summed E-state index contributed by atoms with van der Waals surface area (Å²) >= 11 is 1.81. The lowest BCUT2D eigenvalue weighted by atomic mass is 10.1. The summed E-state index contributed by atoms with van der Waals surface area (Å²) in [7, 11) is 0. The average Bonchev–Trinajstić information content (AvgIpc) is 3.86. The predicted octanol–water partition coefficient (Wildman–Crippen LogP) is 11.8. The first-order valence-corrected chi connectivity index (χ1v) is 17.9. The van der Waals surface area contributed by atoms with Gasteiger partial charge >= 0.3 is 0 Å². The van der Waals surface area contributed by atoms with Gasteiger partial charge in [-0.25, -0.2) is 4.98 Å². The highest BCUT2D eigenvalue weighted by atomic mass is 32.1. The minimum Gasteiger partial charge on any atom is -0.307 e. The van der Waals surface area contributed by atoms with Gasteiger partial charge in [0.25, 0.3) is 0 Å². The molecule has 0 bridgehead atoms. The average molecular weight is 670 g/mol. The molecule has 4 heterocycles. The molecule has 0 saturated heterocycles. The van der Waals surface area contributed by atoms with Crippen LogP contribution < -0.4 is 0 Å². The summed E-state index contributed by atoms with van der Waals surface area (Å²) in [4.78, 5) is 15.8. The van der Waals surface area contributed by atoms with Crippen molar-refractivity contribution in [1.29, 1.82) is 0 Å². The standard InChI is InChI=1S/C45H27N5S/c1-3-13-28(14-4-1)43-46-44(29-23-26-40-36(27-29)33-19-9-12-22-39(33)51-40)48-45(47-43)50-38-21-11-8-18-32(38)35-25-24-34-31-17-7-10-20-37(31)49(41(34)42(35)50)30-15-5-2-6-16-30/h1-27H. The van der Waals surface area contributed by atoms with Crippen molar-refractivity contribution in [3.63, 3.8) is 0 Å². The van der Waals surface area contributed by atoms with E-state index in [1.807, 2.05) is 29.5 Å². The van der Waals surface area contributed by atoms with Crippen LogP contribution >= 0.6 is 11.3 Å². The van der Waals surface area contributed by atoms with Crippen molar-refractivity contribution in [3.05, 3.63) is 164 Å². The molecule has 0 atom stereocenters. The molecule has 51 heavy (non-hydrogen) atoms. The third-order valence-electron chi connectivity index (χ3n) is 9.97. The zero-order valence-corrected chi connectivity index (χ0v) is 28.0. The zero-order valence-electron chi connectivity index (χ0n) is 27.2. The van der Waals surface area contributed by atoms with E-state index in [0.717, 1.165) is 49.7 Å². The Morgan fingerprint density at radius 2 is 0.922 bits per heavy atom. The molecule has 4 aromatic heterocycles. The van der Waals surface area contributed by atoms with Crippen molar-refractivity contribution in [2.45, 2.75) is 0 Å². The fraction of sp³-hybridized carbons (Fsp3) is 0. The molecule has 0 spiro atoms. The van der Waals surface area contributed by atoms with Gasteiger partial charge in [-0.3, -0.25) is 4.57 Å². The van der Waals surface area contributed by atoms with E-state index in [9.17, 15) is 0 Å². The molecule has 5 nitrogen and oxygen atoms in total. The maximum atomic E-state index is 5.34. The van der Waals surface area contributed by atoms with Crippen molar-refractivity contribution in [2.24, 2.45) is 0 Å². The molecule has 6 heteroatoms. The van der Waals surface area contributed by atoms with Gasteiger partial charge in [-0.2, -0.15) is 9.97 Å². The van der Waals surface area contributed by atoms with Gasteiger partial charge in [-0.1, -0.05) is 115 Å². The Bertz CT molecular complexity index is 3140. The molecule has 0 radical (unpaired) electrons. The topological polar surface area (TPSA) is 48.5 Å². The fourth-order valence-electron chi connectivity index (χ4n) is 7.73. The molecule has 7 aromatic carbocycles. The van der Waals surface area contributed by atoms with Crippen LogP contribution in [-0.4, -0.2) is 24.1 Å². The molecule has 0 N–H and O–H groups in total. The highest BCUT2D eigenvalue weighted by Gasteiger charge is 2.23. The van der Waals surface area contributed by atoms with Gasteiger partial charge in [0.15, 0.2) is 11.6 Å². The summed E-state index contributed by atoms with van der Waals surface area (Å²) in [6.45, 7) is 0. The molecule has 0 aliphatic rings. The van der Waals surface area contributed by atoms with Crippen LogP contribution in [0.5, 0.6) is 0 Å². The van der Waals surface area contributed by atoms with Gasteiger partial charge in [0, 0.05) is 58.5 Å². The molecule has 0 aliphatic heterocycles. The Hall–Kier alpha value is -6.63. The highest BCUT2D eigenvalue weighted by molar-refractivity contribution is 7.25. The third-order valence-corrected chi connectivity index (χ3v) is 11.1. The maximum absolute atomic E-state index is 5.34. The maximum Gasteiger partial charge on any atom is 0.238 e. The van der Waals surface area contributed by atoms with Crippen LogP contribution in [-0.2, 0) is 0 Å². The fourth-order valence-corrected chi connectivity index (χ4v) is 8.82. The van der Waals surface area contributed by atoms with E-state index in [1.54, 1.807) is 0 Å². The van der Waals surface area contributed by atoms with E-state index < -0.39 is 0 Å². The van der Waals surface area contributed by atoms with Gasteiger partial charge in [0.05, 0.1) is 22.1 Å². The molecule has 0 saturated carbocycles. The summed E-state index contributed by atoms with van der Waals surface area (Å²) in [6.07, 6.45) is 0. The van der Waals surface area contributed by atoms with Crippen LogP contribution in [0.4, 0.5) is 0 Å². The Labute approximate surface area is 296 Å². The number of hydrogen-bond acceptors (Lipinski definition) is 4. The van der Waals surface area contributed by atoms with Crippen molar-refractivity contribution in [1.82, 2.24) is 24.1 Å². The van der Waals surface area contributed by atoms with E-state index in [2.05, 4.69) is 155 Å². The van der Waals surface area contributed by atoms with Crippen molar-refractivity contribution in [2.75, 3.05) is 0 Å². The number of nitrogens with zero attached hydrogens (tertiary/aromatic N) is 5. The Morgan fingerprint density at radius 1 is 0.373 bits per heavy atom. The third kappa shape index (κ3) is 4.24. The summed E-state index contributed by atoms with van der Waals surface area (Å²) in [5.41, 5.74) is 7.37. The van der Waals surface area contributed by atoms with Gasteiger partial charge in [0.2, 0.25) is 5.95 Å². The second-order valence-corrected chi connectivity index (χ2v) is 13.9. The smallest absolute Gasteiger partial charge is 0.238 e. The number of benzene rings is 7. The van der Waals surface area contributed by atoms with Crippen molar-refractivity contribution >= 4 is 75.1 Å². The van der Waals surface area contributed by atoms with E-state index >= 15 is 0 Å². The lowest BCUT2D eigenvalue weighted by Gasteiger charge is -2.13. The van der Waals surface area contributed by atoms with Gasteiger partial charge in [-0.15, -0.1) is 11.3 Å². The van der Waals surface area contributed by atoms with Crippen LogP contribution in [0.3, 0.4) is 0 Å². The molecule has 0 aliphatic carbocycles. The molecule has 0 unspecified atom stereocenters. The number of fused-ring (bicyclic) bond motifs is 10. The molecular weight excluding hydrogens is 643 g/mol. The highest BCUT2D eigenvalue weighted by Crippen LogP contribution is 2.42. The van der Waals surface area contributed by atoms with Crippen molar-refractivity contribution < 1.29 is 0 Å². The minimum absolute atomic E-state index is 0.581. The van der Waals surface area contributed by atoms with E-state index in [1.165, 1.54) is 30.9 Å².